The number of aryl methyl sites for hydroxylation is 1. The van der Waals surface area contributed by atoms with Crippen molar-refractivity contribution in [3.63, 3.8) is 0 Å². The number of hydrogen-bond donors (Lipinski definition) is 1. The highest BCUT2D eigenvalue weighted by atomic mass is 35.5. The van der Waals surface area contributed by atoms with Crippen LogP contribution in [0.1, 0.15) is 29.8 Å². The second kappa shape index (κ2) is 9.45. The van der Waals surface area contributed by atoms with Gasteiger partial charge in [-0.3, -0.25) is 10.1 Å². The zero-order chi connectivity index (χ0) is 21.7. The Morgan fingerprint density at radius 1 is 1.17 bits per heavy atom. The van der Waals surface area contributed by atoms with E-state index in [0.717, 1.165) is 5.56 Å². The first kappa shape index (κ1) is 21.4. The lowest BCUT2D eigenvalue weighted by Gasteiger charge is -2.15. The summed E-state index contributed by atoms with van der Waals surface area (Å²) in [6.45, 7) is 3.45. The largest absolute Gasteiger partial charge is 0.469 e. The molecule has 0 radical (unpaired) electrons. The molecule has 30 heavy (non-hydrogen) atoms. The Hall–Kier alpha value is -3.32. The van der Waals surface area contributed by atoms with Gasteiger partial charge in [-0.15, -0.1) is 0 Å². The van der Waals surface area contributed by atoms with Crippen LogP contribution in [0.2, 0.25) is 5.02 Å². The number of nitrogens with zero attached hydrogens (tertiary/aromatic N) is 1. The molecule has 0 saturated carbocycles. The molecule has 1 atom stereocenters. The van der Waals surface area contributed by atoms with Crippen LogP contribution in [0.15, 0.2) is 53.1 Å². The summed E-state index contributed by atoms with van der Waals surface area (Å²) in [5.74, 6) is 0.0652. The van der Waals surface area contributed by atoms with Crippen molar-refractivity contribution in [1.82, 2.24) is 5.16 Å². The lowest BCUT2D eigenvalue weighted by molar-refractivity contribution is -0.139. The molecule has 0 bridgehead atoms. The average Bonchev–Trinajstić information content (AvgIpc) is 3.08. The maximum atomic E-state index is 12.5. The normalized spacial score (nSPS) is 11.6. The summed E-state index contributed by atoms with van der Waals surface area (Å²) < 4.78 is 15.5. The van der Waals surface area contributed by atoms with E-state index in [4.69, 9.17) is 20.9 Å². The van der Waals surface area contributed by atoms with E-state index in [1.54, 1.807) is 50.2 Å². The van der Waals surface area contributed by atoms with Crippen molar-refractivity contribution in [1.29, 1.82) is 0 Å². The van der Waals surface area contributed by atoms with Gasteiger partial charge in [-0.25, -0.2) is 4.79 Å². The van der Waals surface area contributed by atoms with Gasteiger partial charge in [-0.05, 0) is 25.5 Å². The fourth-order valence-corrected chi connectivity index (χ4v) is 3.18. The summed E-state index contributed by atoms with van der Waals surface area (Å²) in [6, 6.07) is 14.3. The molecular weight excluding hydrogens is 408 g/mol. The molecule has 0 aliphatic rings. The monoisotopic (exact) mass is 428 g/mol. The minimum absolute atomic E-state index is 0.170. The quantitative estimate of drug-likeness (QED) is 0.533. The van der Waals surface area contributed by atoms with Crippen molar-refractivity contribution in [2.45, 2.75) is 26.4 Å². The van der Waals surface area contributed by atoms with Crippen molar-refractivity contribution in [3.05, 3.63) is 70.4 Å². The summed E-state index contributed by atoms with van der Waals surface area (Å²) in [7, 11) is 1.34. The molecule has 0 spiro atoms. The fraction of sp³-hybridized carbons (Fsp3) is 0.227. The number of halogens is 1. The number of benzene rings is 2. The Kier molecular flexibility index (Phi) is 6.74. The van der Waals surface area contributed by atoms with E-state index in [2.05, 4.69) is 15.2 Å². The molecule has 1 aromatic heterocycles. The van der Waals surface area contributed by atoms with Gasteiger partial charge in [0.15, 0.2) is 5.76 Å². The van der Waals surface area contributed by atoms with Gasteiger partial charge in [0, 0.05) is 16.1 Å². The van der Waals surface area contributed by atoms with E-state index in [-0.39, 0.29) is 12.4 Å². The van der Waals surface area contributed by atoms with E-state index in [1.807, 2.05) is 12.1 Å². The van der Waals surface area contributed by atoms with Crippen molar-refractivity contribution >= 4 is 29.4 Å². The van der Waals surface area contributed by atoms with Crippen LogP contribution in [0, 0.1) is 6.92 Å². The molecule has 7 nitrogen and oxygen atoms in total. The van der Waals surface area contributed by atoms with Crippen molar-refractivity contribution in [2.75, 3.05) is 12.4 Å². The van der Waals surface area contributed by atoms with Crippen LogP contribution < -0.4 is 5.32 Å². The zero-order valence-corrected chi connectivity index (χ0v) is 17.5. The summed E-state index contributed by atoms with van der Waals surface area (Å²) in [4.78, 5) is 23.9. The molecule has 3 aromatic rings. The summed E-state index contributed by atoms with van der Waals surface area (Å²) in [6.07, 6.45) is -1.03. The van der Waals surface area contributed by atoms with Gasteiger partial charge in [0.25, 0.3) is 0 Å². The number of methoxy groups -OCH3 is 1. The van der Waals surface area contributed by atoms with Crippen LogP contribution in [-0.2, 0) is 20.7 Å². The first-order valence-corrected chi connectivity index (χ1v) is 9.61. The van der Waals surface area contributed by atoms with Gasteiger partial charge in [0.2, 0.25) is 0 Å². The van der Waals surface area contributed by atoms with E-state index in [0.29, 0.717) is 33.3 Å². The number of aromatic nitrogens is 1. The van der Waals surface area contributed by atoms with Crippen LogP contribution in [-0.4, -0.2) is 24.3 Å². The second-order valence-electron chi connectivity index (χ2n) is 6.62. The summed E-state index contributed by atoms with van der Waals surface area (Å²) >= 11 is 6.16. The predicted molar refractivity (Wildman–Crippen MR) is 112 cm³/mol. The maximum absolute atomic E-state index is 12.5. The van der Waals surface area contributed by atoms with Crippen LogP contribution in [0.25, 0.3) is 11.3 Å². The molecule has 1 heterocycles. The lowest BCUT2D eigenvalue weighted by Crippen LogP contribution is -2.17. The van der Waals surface area contributed by atoms with Crippen LogP contribution >= 0.6 is 11.6 Å². The van der Waals surface area contributed by atoms with Gasteiger partial charge < -0.3 is 14.0 Å². The highest BCUT2D eigenvalue weighted by Crippen LogP contribution is 2.32. The molecule has 3 rings (SSSR count). The van der Waals surface area contributed by atoms with E-state index in [1.165, 1.54) is 7.11 Å². The third-order valence-electron chi connectivity index (χ3n) is 4.51. The number of nitrogens with one attached hydrogen (secondary N) is 1. The Morgan fingerprint density at radius 3 is 2.53 bits per heavy atom. The predicted octanol–water partition coefficient (Wildman–Crippen LogP) is 5.33. The van der Waals surface area contributed by atoms with E-state index < -0.39 is 12.2 Å². The smallest absolute Gasteiger partial charge is 0.412 e. The minimum Gasteiger partial charge on any atom is -0.469 e. The molecule has 0 saturated heterocycles. The Morgan fingerprint density at radius 2 is 1.87 bits per heavy atom. The third kappa shape index (κ3) is 4.99. The van der Waals surface area contributed by atoms with Crippen LogP contribution in [0.4, 0.5) is 10.5 Å². The van der Waals surface area contributed by atoms with Gasteiger partial charge in [0.05, 0.1) is 13.5 Å². The average molecular weight is 429 g/mol. The van der Waals surface area contributed by atoms with Crippen LogP contribution in [0.3, 0.4) is 0 Å². The number of amides is 1. The molecule has 1 amide bonds. The summed E-state index contributed by atoms with van der Waals surface area (Å²) in [5, 5.41) is 7.16. The van der Waals surface area contributed by atoms with E-state index in [9.17, 15) is 9.59 Å². The third-order valence-corrected chi connectivity index (χ3v) is 4.85. The van der Waals surface area contributed by atoms with Gasteiger partial charge in [-0.2, -0.15) is 0 Å². The zero-order valence-electron chi connectivity index (χ0n) is 16.8. The van der Waals surface area contributed by atoms with Gasteiger partial charge in [0.1, 0.15) is 17.5 Å². The number of carbonyl (C=O) groups excluding carboxylic acids is 2. The molecule has 1 unspecified atom stereocenters. The van der Waals surface area contributed by atoms with Crippen LogP contribution in [0.5, 0.6) is 0 Å². The summed E-state index contributed by atoms with van der Waals surface area (Å²) in [5.41, 5.74) is 3.11. The van der Waals surface area contributed by atoms with Crippen molar-refractivity contribution < 1.29 is 23.6 Å². The molecule has 8 heteroatoms. The molecular formula is C22H21ClN2O5. The minimum atomic E-state index is -0.655. The maximum Gasteiger partial charge on any atom is 0.412 e. The molecule has 0 aliphatic heterocycles. The molecule has 0 fully saturated rings. The number of anilines is 1. The number of hydrogen-bond acceptors (Lipinski definition) is 6. The molecule has 1 N–H and O–H groups in total. The lowest BCUT2D eigenvalue weighted by atomic mass is 10.1. The number of esters is 1. The van der Waals surface area contributed by atoms with Crippen molar-refractivity contribution in [3.8, 4) is 11.3 Å². The number of carbonyl (C=O) groups is 2. The first-order chi connectivity index (χ1) is 14.4. The number of rotatable bonds is 6. The standard InChI is InChI=1S/C22H21ClN2O5/c1-13-20(24-22(27)29-14(2)17-6-4-5-7-18(17)23)21(30-25-13)16-10-8-15(9-11-16)12-19(26)28-3/h4-11,14H,12H2,1-3H3,(H,24,27). The highest BCUT2D eigenvalue weighted by molar-refractivity contribution is 6.31. The SMILES string of the molecule is COC(=O)Cc1ccc(-c2onc(C)c2NC(=O)OC(C)c2ccccc2Cl)cc1. The number of ether oxygens (including phenoxy) is 2. The molecule has 156 valence electrons. The Bertz CT molecular complexity index is 1050. The molecule has 2 aromatic carbocycles. The second-order valence-corrected chi connectivity index (χ2v) is 7.02. The van der Waals surface area contributed by atoms with E-state index >= 15 is 0 Å². The first-order valence-electron chi connectivity index (χ1n) is 9.23. The highest BCUT2D eigenvalue weighted by Gasteiger charge is 2.20. The van der Waals surface area contributed by atoms with Gasteiger partial charge in [-0.1, -0.05) is 59.2 Å². The van der Waals surface area contributed by atoms with Crippen molar-refractivity contribution in [2.24, 2.45) is 0 Å². The molecule has 0 aliphatic carbocycles. The Labute approximate surface area is 178 Å². The Balaban J connectivity index is 1.73. The topological polar surface area (TPSA) is 90.7 Å². The fourth-order valence-electron chi connectivity index (χ4n) is 2.89. The van der Waals surface area contributed by atoms with Gasteiger partial charge >= 0.3 is 12.1 Å².